The van der Waals surface area contributed by atoms with Crippen LogP contribution in [0.1, 0.15) is 24.2 Å². The first-order valence-corrected chi connectivity index (χ1v) is 7.97. The maximum absolute atomic E-state index is 5.08. The van der Waals surface area contributed by atoms with Crippen LogP contribution in [0.2, 0.25) is 0 Å². The Bertz CT molecular complexity index is 681. The van der Waals surface area contributed by atoms with Crippen LogP contribution >= 0.6 is 0 Å². The molecule has 0 aliphatic carbocycles. The molecule has 0 aromatic carbocycles. The molecule has 0 atom stereocenters. The fourth-order valence-corrected chi connectivity index (χ4v) is 2.44. The summed E-state index contributed by atoms with van der Waals surface area (Å²) in [7, 11) is 3.37. The number of halogens is 2. The minimum atomic E-state index is 0. The van der Waals surface area contributed by atoms with Gasteiger partial charge in [0.2, 0.25) is 0 Å². The van der Waals surface area contributed by atoms with E-state index in [1.165, 1.54) is 0 Å². The van der Waals surface area contributed by atoms with Crippen LogP contribution in [0.4, 0.5) is 0 Å². The standard InChI is InChI=1S/C17H21N5O2.2ClH.Co/c1-23-8-6-12-10-18-16(20-12)14-4-3-5-15(22-14)17-19-11-13(21-17)7-9-24-2;;;/h3-5H,6-11H2,1-2H3;2*1H;/q;;;+2/p-2. The minimum absolute atomic E-state index is 0. The third-order valence-electron chi connectivity index (χ3n) is 3.75. The van der Waals surface area contributed by atoms with Gasteiger partial charge in [0.1, 0.15) is 11.4 Å². The number of aliphatic imine (C=N–C) groups is 4. The van der Waals surface area contributed by atoms with E-state index >= 15 is 0 Å². The number of hydrogen-bond donors (Lipinski definition) is 0. The van der Waals surface area contributed by atoms with Gasteiger partial charge in [-0.15, -0.1) is 0 Å². The molecule has 0 spiro atoms. The molecule has 0 saturated heterocycles. The summed E-state index contributed by atoms with van der Waals surface area (Å²) in [4.78, 5) is 22.7. The van der Waals surface area contributed by atoms with Crippen LogP contribution in [0.15, 0.2) is 38.2 Å². The number of ether oxygens (including phenoxy) is 2. The average molecular weight is 457 g/mol. The van der Waals surface area contributed by atoms with Crippen molar-refractivity contribution >= 4 is 23.1 Å². The Kier molecular flexibility index (Phi) is 12.5. The maximum atomic E-state index is 5.08. The smallest absolute Gasteiger partial charge is 1.00 e. The molecule has 0 fully saturated rings. The van der Waals surface area contributed by atoms with Crippen molar-refractivity contribution in [1.29, 1.82) is 0 Å². The normalized spacial score (nSPS) is 14.9. The average Bonchev–Trinajstić information content (AvgIpc) is 3.28. The minimum Gasteiger partial charge on any atom is -1.00 e. The van der Waals surface area contributed by atoms with Crippen molar-refractivity contribution in [3.05, 3.63) is 29.6 Å². The number of methoxy groups -OCH3 is 2. The number of pyridine rings is 1. The second-order valence-electron chi connectivity index (χ2n) is 5.53. The molecular weight excluding hydrogens is 436 g/mol. The van der Waals surface area contributed by atoms with E-state index < -0.39 is 0 Å². The molecular formula is C17H21Cl2CoN5O2. The van der Waals surface area contributed by atoms with Gasteiger partial charge < -0.3 is 34.3 Å². The molecule has 2 aliphatic rings. The van der Waals surface area contributed by atoms with E-state index in [1.807, 2.05) is 18.2 Å². The summed E-state index contributed by atoms with van der Waals surface area (Å²) in [6, 6.07) is 5.76. The van der Waals surface area contributed by atoms with Crippen molar-refractivity contribution in [2.24, 2.45) is 20.0 Å². The van der Waals surface area contributed by atoms with Gasteiger partial charge in [0.25, 0.3) is 0 Å². The molecule has 1 aromatic rings. The van der Waals surface area contributed by atoms with Gasteiger partial charge in [-0.1, -0.05) is 6.07 Å². The van der Waals surface area contributed by atoms with Crippen molar-refractivity contribution in [1.82, 2.24) is 4.98 Å². The van der Waals surface area contributed by atoms with Crippen molar-refractivity contribution in [3.8, 4) is 0 Å². The fourth-order valence-electron chi connectivity index (χ4n) is 2.44. The van der Waals surface area contributed by atoms with Gasteiger partial charge in [-0.25, -0.2) is 15.0 Å². The summed E-state index contributed by atoms with van der Waals surface area (Å²) in [5, 5.41) is 0. The van der Waals surface area contributed by atoms with Gasteiger partial charge in [-0.05, 0) is 12.1 Å². The summed E-state index contributed by atoms with van der Waals surface area (Å²) in [6.45, 7) is 2.55. The quantitative estimate of drug-likeness (QED) is 0.396. The third-order valence-corrected chi connectivity index (χ3v) is 3.75. The van der Waals surface area contributed by atoms with Gasteiger partial charge in [-0.2, -0.15) is 0 Å². The van der Waals surface area contributed by atoms with E-state index in [0.717, 1.165) is 35.7 Å². The zero-order valence-corrected chi connectivity index (χ0v) is 17.7. The van der Waals surface area contributed by atoms with Crippen LogP contribution in [0.5, 0.6) is 0 Å². The van der Waals surface area contributed by atoms with E-state index in [0.29, 0.717) is 38.0 Å². The molecule has 0 bridgehead atoms. The second-order valence-corrected chi connectivity index (χ2v) is 5.53. The number of nitrogens with zero attached hydrogens (tertiary/aromatic N) is 5. The molecule has 3 rings (SSSR count). The van der Waals surface area contributed by atoms with Gasteiger partial charge >= 0.3 is 16.8 Å². The maximum Gasteiger partial charge on any atom is 2.00 e. The molecule has 0 unspecified atom stereocenters. The van der Waals surface area contributed by atoms with Crippen molar-refractivity contribution in [2.75, 3.05) is 40.5 Å². The molecule has 1 aromatic heterocycles. The Morgan fingerprint density at radius 1 is 0.815 bits per heavy atom. The zero-order chi connectivity index (χ0) is 16.8. The Hall–Kier alpha value is -1.16. The van der Waals surface area contributed by atoms with E-state index in [2.05, 4.69) is 25.0 Å². The summed E-state index contributed by atoms with van der Waals surface area (Å²) in [5.41, 5.74) is 3.56. The van der Waals surface area contributed by atoms with Crippen LogP contribution in [0.3, 0.4) is 0 Å². The Morgan fingerprint density at radius 2 is 1.26 bits per heavy atom. The van der Waals surface area contributed by atoms with Crippen molar-refractivity contribution in [3.63, 3.8) is 0 Å². The first-order valence-electron chi connectivity index (χ1n) is 7.97. The number of rotatable bonds is 8. The summed E-state index contributed by atoms with van der Waals surface area (Å²) >= 11 is 0. The summed E-state index contributed by atoms with van der Waals surface area (Å²) in [5.74, 6) is 1.34. The molecule has 7 nitrogen and oxygen atoms in total. The SMILES string of the molecule is COCCC1=NC(c2cccc(C3=NCC(CCOC)=N3)n2)=NC1.[Cl-].[Cl-].[Co+2]. The predicted octanol–water partition coefficient (Wildman–Crippen LogP) is -4.44. The first kappa shape index (κ1) is 25.8. The number of amidine groups is 2. The van der Waals surface area contributed by atoms with Crippen LogP contribution in [0.25, 0.3) is 0 Å². The molecule has 1 radical (unpaired) electrons. The molecule has 2 aliphatic heterocycles. The Balaban J connectivity index is 0.00000225. The summed E-state index contributed by atoms with van der Waals surface area (Å²) < 4.78 is 10.2. The zero-order valence-electron chi connectivity index (χ0n) is 15.1. The van der Waals surface area contributed by atoms with Gasteiger partial charge in [-0.3, -0.25) is 9.98 Å². The van der Waals surface area contributed by atoms with Gasteiger partial charge in [0, 0.05) is 38.5 Å². The molecule has 3 heterocycles. The topological polar surface area (TPSA) is 80.8 Å². The van der Waals surface area contributed by atoms with Gasteiger partial charge in [0.15, 0.2) is 11.7 Å². The Labute approximate surface area is 181 Å². The second kappa shape index (κ2) is 13.1. The van der Waals surface area contributed by atoms with E-state index in [1.54, 1.807) is 14.2 Å². The predicted molar refractivity (Wildman–Crippen MR) is 94.9 cm³/mol. The molecule has 0 N–H and O–H groups in total. The molecule has 27 heavy (non-hydrogen) atoms. The Morgan fingerprint density at radius 3 is 1.67 bits per heavy atom. The monoisotopic (exact) mass is 456 g/mol. The largest absolute Gasteiger partial charge is 2.00 e. The molecule has 0 amide bonds. The number of hydrogen-bond acceptors (Lipinski definition) is 7. The molecule has 0 saturated carbocycles. The fraction of sp³-hybridized carbons (Fsp3) is 0.471. The molecule has 149 valence electrons. The third kappa shape index (κ3) is 7.06. The van der Waals surface area contributed by atoms with Crippen LogP contribution in [-0.4, -0.2) is 68.6 Å². The van der Waals surface area contributed by atoms with E-state index in [4.69, 9.17) is 9.47 Å². The van der Waals surface area contributed by atoms with Crippen molar-refractivity contribution < 1.29 is 51.1 Å². The van der Waals surface area contributed by atoms with Gasteiger partial charge in [0.05, 0.1) is 26.3 Å². The number of aromatic nitrogens is 1. The van der Waals surface area contributed by atoms with Crippen LogP contribution < -0.4 is 24.8 Å². The van der Waals surface area contributed by atoms with E-state index in [9.17, 15) is 0 Å². The van der Waals surface area contributed by atoms with E-state index in [-0.39, 0.29) is 41.6 Å². The van der Waals surface area contributed by atoms with Crippen LogP contribution in [0, 0.1) is 0 Å². The van der Waals surface area contributed by atoms with Crippen LogP contribution in [-0.2, 0) is 26.3 Å². The first-order chi connectivity index (χ1) is 11.8. The summed E-state index contributed by atoms with van der Waals surface area (Å²) in [6.07, 6.45) is 1.59. The van der Waals surface area contributed by atoms with Crippen molar-refractivity contribution in [2.45, 2.75) is 12.8 Å². The molecule has 10 heteroatoms.